The van der Waals surface area contributed by atoms with Crippen molar-refractivity contribution in [3.8, 4) is 0 Å². The molecule has 0 aliphatic heterocycles. The first kappa shape index (κ1) is 15.6. The number of benzene rings is 2. The number of hydrogen-bond acceptors (Lipinski definition) is 1. The monoisotopic (exact) mass is 395 g/mol. The van der Waals surface area contributed by atoms with E-state index in [-0.39, 0.29) is 21.3 Å². The Hall–Kier alpha value is -0.810. The van der Waals surface area contributed by atoms with E-state index < -0.39 is 11.7 Å². The molecule has 0 unspecified atom stereocenters. The van der Waals surface area contributed by atoms with Crippen LogP contribution in [0.2, 0.25) is 15.1 Å². The van der Waals surface area contributed by atoms with Crippen molar-refractivity contribution >= 4 is 62.3 Å². The van der Waals surface area contributed by atoms with Gasteiger partial charge in [0.2, 0.25) is 0 Å². The van der Waals surface area contributed by atoms with Crippen LogP contribution in [0.4, 0.5) is 10.1 Å². The molecule has 2 nitrogen and oxygen atoms in total. The maximum atomic E-state index is 13.6. The fourth-order valence-corrected chi connectivity index (χ4v) is 2.79. The van der Waals surface area contributed by atoms with Crippen molar-refractivity contribution in [2.45, 2.75) is 0 Å². The number of halogens is 5. The lowest BCUT2D eigenvalue weighted by atomic mass is 10.2. The minimum absolute atomic E-state index is 0.124. The van der Waals surface area contributed by atoms with Gasteiger partial charge < -0.3 is 5.32 Å². The van der Waals surface area contributed by atoms with E-state index in [0.717, 1.165) is 0 Å². The molecule has 0 radical (unpaired) electrons. The van der Waals surface area contributed by atoms with Gasteiger partial charge in [0.1, 0.15) is 5.82 Å². The van der Waals surface area contributed by atoms with Crippen LogP contribution in [0.5, 0.6) is 0 Å². The first-order valence-electron chi connectivity index (χ1n) is 5.29. The van der Waals surface area contributed by atoms with Gasteiger partial charge in [-0.05, 0) is 30.3 Å². The summed E-state index contributed by atoms with van der Waals surface area (Å²) < 4.78 is 14.2. The van der Waals surface area contributed by atoms with E-state index in [1.807, 2.05) is 0 Å². The summed E-state index contributed by atoms with van der Waals surface area (Å²) >= 11 is 20.8. The second-order valence-corrected chi connectivity index (χ2v) is 5.99. The predicted octanol–water partition coefficient (Wildman–Crippen LogP) is 5.80. The van der Waals surface area contributed by atoms with Crippen LogP contribution in [0.25, 0.3) is 0 Å². The lowest BCUT2D eigenvalue weighted by molar-refractivity contribution is 0.102. The molecule has 0 saturated heterocycles. The molecule has 0 saturated carbocycles. The van der Waals surface area contributed by atoms with Crippen molar-refractivity contribution in [2.75, 3.05) is 5.32 Å². The second kappa shape index (κ2) is 6.31. The zero-order valence-electron chi connectivity index (χ0n) is 9.68. The second-order valence-electron chi connectivity index (χ2n) is 3.82. The van der Waals surface area contributed by atoms with E-state index in [9.17, 15) is 9.18 Å². The predicted molar refractivity (Wildman–Crippen MR) is 83.5 cm³/mol. The normalized spacial score (nSPS) is 10.4. The Labute approximate surface area is 138 Å². The molecular formula is C13H6BrCl3FNO. The molecule has 2 rings (SSSR count). The van der Waals surface area contributed by atoms with Crippen LogP contribution in [-0.4, -0.2) is 5.91 Å². The van der Waals surface area contributed by atoms with Crippen LogP contribution in [0.1, 0.15) is 10.4 Å². The van der Waals surface area contributed by atoms with Crippen molar-refractivity contribution in [3.05, 3.63) is 61.3 Å². The zero-order chi connectivity index (χ0) is 14.9. The third kappa shape index (κ3) is 3.44. The minimum atomic E-state index is -0.657. The van der Waals surface area contributed by atoms with Gasteiger partial charge in [0, 0.05) is 9.50 Å². The van der Waals surface area contributed by atoms with E-state index in [0.29, 0.717) is 9.50 Å². The number of nitrogens with one attached hydrogen (secondary N) is 1. The van der Waals surface area contributed by atoms with Crippen LogP contribution in [0, 0.1) is 5.82 Å². The first-order chi connectivity index (χ1) is 9.38. The maximum absolute atomic E-state index is 13.6. The molecule has 0 heterocycles. The highest BCUT2D eigenvalue weighted by Crippen LogP contribution is 2.34. The summed E-state index contributed by atoms with van der Waals surface area (Å²) in [7, 11) is 0. The third-order valence-corrected chi connectivity index (χ3v) is 3.73. The Morgan fingerprint density at radius 1 is 1.10 bits per heavy atom. The fourth-order valence-electron chi connectivity index (χ4n) is 1.51. The maximum Gasteiger partial charge on any atom is 0.258 e. The van der Waals surface area contributed by atoms with Crippen molar-refractivity contribution in [1.82, 2.24) is 0 Å². The molecule has 0 aliphatic carbocycles. The summed E-state index contributed by atoms with van der Waals surface area (Å²) in [6.07, 6.45) is 0. The molecule has 104 valence electrons. The Morgan fingerprint density at radius 2 is 1.70 bits per heavy atom. The van der Waals surface area contributed by atoms with Crippen LogP contribution in [-0.2, 0) is 0 Å². The quantitative estimate of drug-likeness (QED) is 0.682. The summed E-state index contributed by atoms with van der Waals surface area (Å²) in [6.45, 7) is 0. The molecular weight excluding hydrogens is 391 g/mol. The summed E-state index contributed by atoms with van der Waals surface area (Å²) in [5, 5.41) is 3.15. The molecule has 0 aliphatic rings. The molecule has 20 heavy (non-hydrogen) atoms. The molecule has 0 fully saturated rings. The van der Waals surface area contributed by atoms with E-state index in [2.05, 4.69) is 21.2 Å². The Morgan fingerprint density at radius 3 is 2.30 bits per heavy atom. The molecule has 0 aromatic heterocycles. The van der Waals surface area contributed by atoms with E-state index in [4.69, 9.17) is 34.8 Å². The number of carbonyl (C=O) groups excluding carboxylic acids is 1. The Kier molecular flexibility index (Phi) is 4.91. The summed E-state index contributed by atoms with van der Waals surface area (Å²) in [5.41, 5.74) is 0.0589. The smallest absolute Gasteiger partial charge is 0.258 e. The fraction of sp³-hybridized carbons (Fsp3) is 0. The van der Waals surface area contributed by atoms with Crippen molar-refractivity contribution in [2.24, 2.45) is 0 Å². The molecule has 1 N–H and O–H groups in total. The molecule has 1 amide bonds. The SMILES string of the molecule is O=C(Nc1c(Cl)cc(Cl)cc1Cl)c1cc(Br)ccc1F. The van der Waals surface area contributed by atoms with Crippen molar-refractivity contribution in [3.63, 3.8) is 0 Å². The summed E-state index contributed by atoms with van der Waals surface area (Å²) in [5.74, 6) is -1.30. The Balaban J connectivity index is 2.35. The lowest BCUT2D eigenvalue weighted by Crippen LogP contribution is -2.14. The van der Waals surface area contributed by atoms with Gasteiger partial charge >= 0.3 is 0 Å². The van der Waals surface area contributed by atoms with Crippen LogP contribution < -0.4 is 5.32 Å². The number of hydrogen-bond donors (Lipinski definition) is 1. The van der Waals surface area contributed by atoms with Gasteiger partial charge in [-0.1, -0.05) is 50.7 Å². The molecule has 2 aromatic carbocycles. The highest BCUT2D eigenvalue weighted by molar-refractivity contribution is 9.10. The van der Waals surface area contributed by atoms with Gasteiger partial charge in [-0.25, -0.2) is 4.39 Å². The lowest BCUT2D eigenvalue weighted by Gasteiger charge is -2.10. The van der Waals surface area contributed by atoms with Gasteiger partial charge in [0.25, 0.3) is 5.91 Å². The molecule has 0 bridgehead atoms. The molecule has 2 aromatic rings. The number of anilines is 1. The number of amides is 1. The van der Waals surface area contributed by atoms with Crippen LogP contribution >= 0.6 is 50.7 Å². The summed E-state index contributed by atoms with van der Waals surface area (Å²) in [6, 6.07) is 6.91. The molecule has 7 heteroatoms. The average Bonchev–Trinajstić information content (AvgIpc) is 2.36. The van der Waals surface area contributed by atoms with Gasteiger partial charge in [0.05, 0.1) is 21.3 Å². The topological polar surface area (TPSA) is 29.1 Å². The van der Waals surface area contributed by atoms with Gasteiger partial charge in [0.15, 0.2) is 0 Å². The number of carbonyl (C=O) groups is 1. The average molecular weight is 397 g/mol. The van der Waals surface area contributed by atoms with Gasteiger partial charge in [-0.3, -0.25) is 4.79 Å². The molecule has 0 atom stereocenters. The van der Waals surface area contributed by atoms with Gasteiger partial charge in [-0.15, -0.1) is 0 Å². The minimum Gasteiger partial charge on any atom is -0.319 e. The van der Waals surface area contributed by atoms with E-state index in [1.165, 1.54) is 30.3 Å². The highest BCUT2D eigenvalue weighted by atomic mass is 79.9. The first-order valence-corrected chi connectivity index (χ1v) is 7.22. The Bertz CT molecular complexity index is 670. The van der Waals surface area contributed by atoms with Crippen LogP contribution in [0.15, 0.2) is 34.8 Å². The van der Waals surface area contributed by atoms with Crippen molar-refractivity contribution < 1.29 is 9.18 Å². The standard InChI is InChI=1S/C13H6BrCl3FNO/c14-6-1-2-11(18)8(3-6)13(20)19-12-9(16)4-7(15)5-10(12)17/h1-5H,(H,19,20). The van der Waals surface area contributed by atoms with E-state index in [1.54, 1.807) is 0 Å². The van der Waals surface area contributed by atoms with Crippen molar-refractivity contribution in [1.29, 1.82) is 0 Å². The third-order valence-electron chi connectivity index (χ3n) is 2.42. The molecule has 0 spiro atoms. The van der Waals surface area contributed by atoms with E-state index >= 15 is 0 Å². The largest absolute Gasteiger partial charge is 0.319 e. The zero-order valence-corrected chi connectivity index (χ0v) is 13.5. The summed E-state index contributed by atoms with van der Waals surface area (Å²) in [4.78, 5) is 12.1. The number of rotatable bonds is 2. The van der Waals surface area contributed by atoms with Crippen LogP contribution in [0.3, 0.4) is 0 Å². The highest BCUT2D eigenvalue weighted by Gasteiger charge is 2.16. The van der Waals surface area contributed by atoms with Gasteiger partial charge in [-0.2, -0.15) is 0 Å².